The number of likely N-dealkylation sites (tertiary alicyclic amines) is 1. The predicted octanol–water partition coefficient (Wildman–Crippen LogP) is 3.16. The minimum absolute atomic E-state index is 0.362. The Labute approximate surface area is 128 Å². The molecule has 1 aliphatic rings. The van der Waals surface area contributed by atoms with Gasteiger partial charge in [-0.05, 0) is 55.2 Å². The average molecular weight is 298 g/mol. The van der Waals surface area contributed by atoms with Crippen LogP contribution in [0, 0.1) is 13.8 Å². The number of aryl methyl sites for hydroxylation is 2. The molecule has 2 aromatic heterocycles. The van der Waals surface area contributed by atoms with E-state index in [0.717, 1.165) is 47.6 Å². The summed E-state index contributed by atoms with van der Waals surface area (Å²) in [7, 11) is 0. The van der Waals surface area contributed by atoms with Crippen LogP contribution in [0.25, 0.3) is 11.0 Å². The zero-order chi connectivity index (χ0) is 15.1. The largest absolute Gasteiger partial charge is 0.361 e. The maximum absolute atomic E-state index is 5.35. The van der Waals surface area contributed by atoms with Crippen LogP contribution in [0.1, 0.15) is 41.5 Å². The van der Waals surface area contributed by atoms with Gasteiger partial charge < -0.3 is 4.52 Å². The summed E-state index contributed by atoms with van der Waals surface area (Å²) in [6.45, 7) is 5.91. The minimum atomic E-state index is 0.362. The molecule has 1 fully saturated rings. The number of aromatic nitrogens is 3. The zero-order valence-electron chi connectivity index (χ0n) is 12.7. The molecule has 6 nitrogen and oxygen atoms in total. The molecule has 6 heteroatoms. The lowest BCUT2D eigenvalue weighted by Crippen LogP contribution is -2.23. The highest BCUT2D eigenvalue weighted by Crippen LogP contribution is 2.36. The summed E-state index contributed by atoms with van der Waals surface area (Å²) >= 11 is 0. The van der Waals surface area contributed by atoms with Crippen molar-refractivity contribution in [3.63, 3.8) is 0 Å². The van der Waals surface area contributed by atoms with E-state index >= 15 is 0 Å². The van der Waals surface area contributed by atoms with Gasteiger partial charge >= 0.3 is 0 Å². The molecule has 3 aromatic rings. The van der Waals surface area contributed by atoms with Gasteiger partial charge in [0.2, 0.25) is 0 Å². The van der Waals surface area contributed by atoms with Crippen molar-refractivity contribution in [3.8, 4) is 0 Å². The van der Waals surface area contributed by atoms with Crippen molar-refractivity contribution in [1.82, 2.24) is 20.4 Å². The fourth-order valence-electron chi connectivity index (χ4n) is 3.52. The fraction of sp³-hybridized carbons (Fsp3) is 0.438. The molecule has 0 aliphatic carbocycles. The van der Waals surface area contributed by atoms with Crippen LogP contribution in [-0.2, 0) is 6.54 Å². The molecule has 1 aromatic carbocycles. The van der Waals surface area contributed by atoms with E-state index in [2.05, 4.69) is 26.4 Å². The summed E-state index contributed by atoms with van der Waals surface area (Å²) in [4.78, 5) is 2.47. The Bertz CT molecular complexity index is 788. The summed E-state index contributed by atoms with van der Waals surface area (Å²) in [5, 5.41) is 12.1. The van der Waals surface area contributed by atoms with E-state index in [1.54, 1.807) is 0 Å². The Hall–Kier alpha value is -2.21. The van der Waals surface area contributed by atoms with Crippen molar-refractivity contribution < 1.29 is 9.15 Å². The van der Waals surface area contributed by atoms with Gasteiger partial charge in [0.1, 0.15) is 16.8 Å². The van der Waals surface area contributed by atoms with Gasteiger partial charge in [-0.15, -0.1) is 0 Å². The second-order valence-electron chi connectivity index (χ2n) is 5.92. The van der Waals surface area contributed by atoms with E-state index in [-0.39, 0.29) is 0 Å². The second-order valence-corrected chi connectivity index (χ2v) is 5.92. The van der Waals surface area contributed by atoms with Gasteiger partial charge in [0.15, 0.2) is 0 Å². The summed E-state index contributed by atoms with van der Waals surface area (Å²) in [6, 6.07) is 6.38. The minimum Gasteiger partial charge on any atom is -0.361 e. The normalized spacial score (nSPS) is 19.3. The first kappa shape index (κ1) is 13.5. The van der Waals surface area contributed by atoms with Crippen molar-refractivity contribution in [2.45, 2.75) is 39.3 Å². The van der Waals surface area contributed by atoms with Crippen LogP contribution in [0.15, 0.2) is 27.4 Å². The molecule has 1 saturated heterocycles. The first-order chi connectivity index (χ1) is 10.7. The van der Waals surface area contributed by atoms with E-state index in [9.17, 15) is 0 Å². The molecule has 0 saturated carbocycles. The summed E-state index contributed by atoms with van der Waals surface area (Å²) in [5.74, 6) is 0.927. The van der Waals surface area contributed by atoms with Gasteiger partial charge in [-0.3, -0.25) is 4.90 Å². The van der Waals surface area contributed by atoms with Crippen molar-refractivity contribution in [2.24, 2.45) is 0 Å². The van der Waals surface area contributed by atoms with Crippen molar-refractivity contribution in [2.75, 3.05) is 6.54 Å². The van der Waals surface area contributed by atoms with E-state index in [1.165, 1.54) is 12.0 Å². The lowest BCUT2D eigenvalue weighted by Gasteiger charge is -2.24. The number of benzene rings is 1. The van der Waals surface area contributed by atoms with Gasteiger partial charge in [0.25, 0.3) is 0 Å². The van der Waals surface area contributed by atoms with Crippen molar-refractivity contribution in [3.05, 3.63) is 40.8 Å². The summed E-state index contributed by atoms with van der Waals surface area (Å²) in [6.07, 6.45) is 2.32. The third kappa shape index (κ3) is 2.11. The Balaban J connectivity index is 1.66. The van der Waals surface area contributed by atoms with Crippen LogP contribution in [0.3, 0.4) is 0 Å². The monoisotopic (exact) mass is 298 g/mol. The van der Waals surface area contributed by atoms with Crippen molar-refractivity contribution in [1.29, 1.82) is 0 Å². The molecule has 4 rings (SSSR count). The van der Waals surface area contributed by atoms with Crippen LogP contribution in [0.4, 0.5) is 0 Å². The maximum atomic E-state index is 5.35. The van der Waals surface area contributed by atoms with Crippen LogP contribution >= 0.6 is 0 Å². The molecule has 22 heavy (non-hydrogen) atoms. The summed E-state index contributed by atoms with van der Waals surface area (Å²) in [5.41, 5.74) is 5.05. The first-order valence-electron chi connectivity index (χ1n) is 7.61. The van der Waals surface area contributed by atoms with E-state index < -0.39 is 0 Å². The number of hydrogen-bond donors (Lipinski definition) is 0. The topological polar surface area (TPSA) is 68.2 Å². The van der Waals surface area contributed by atoms with E-state index in [0.29, 0.717) is 6.04 Å². The summed E-state index contributed by atoms with van der Waals surface area (Å²) < 4.78 is 10.2. The quantitative estimate of drug-likeness (QED) is 0.740. The standard InChI is InChI=1S/C16H18N4O2/c1-10-15(11(2)21-17-10)14-7-4-8-20(14)9-12-5-3-6-13-16(12)19-22-18-13/h3,5-6,14H,4,7-9H2,1-2H3/t14-/m0/s1. The third-order valence-electron chi connectivity index (χ3n) is 4.53. The lowest BCUT2D eigenvalue weighted by atomic mass is 10.0. The Kier molecular flexibility index (Phi) is 3.18. The van der Waals surface area contributed by atoms with Gasteiger partial charge in [-0.2, -0.15) is 0 Å². The maximum Gasteiger partial charge on any atom is 0.139 e. The zero-order valence-corrected chi connectivity index (χ0v) is 12.7. The molecule has 3 heterocycles. The van der Waals surface area contributed by atoms with Gasteiger partial charge in [-0.1, -0.05) is 17.3 Å². The van der Waals surface area contributed by atoms with Crippen LogP contribution in [0.2, 0.25) is 0 Å². The highest BCUT2D eigenvalue weighted by molar-refractivity contribution is 5.76. The number of hydrogen-bond acceptors (Lipinski definition) is 6. The molecule has 0 bridgehead atoms. The van der Waals surface area contributed by atoms with Crippen LogP contribution in [0.5, 0.6) is 0 Å². The van der Waals surface area contributed by atoms with E-state index in [4.69, 9.17) is 9.15 Å². The molecule has 0 amide bonds. The molecule has 0 unspecified atom stereocenters. The molecular formula is C16H18N4O2. The highest BCUT2D eigenvalue weighted by atomic mass is 16.6. The van der Waals surface area contributed by atoms with Gasteiger partial charge in [0.05, 0.1) is 5.69 Å². The molecule has 1 aliphatic heterocycles. The number of nitrogens with zero attached hydrogens (tertiary/aromatic N) is 4. The van der Waals surface area contributed by atoms with E-state index in [1.807, 2.05) is 26.0 Å². The smallest absolute Gasteiger partial charge is 0.139 e. The third-order valence-corrected chi connectivity index (χ3v) is 4.53. The molecule has 0 N–H and O–H groups in total. The fourth-order valence-corrected chi connectivity index (χ4v) is 3.52. The first-order valence-corrected chi connectivity index (χ1v) is 7.61. The van der Waals surface area contributed by atoms with Crippen molar-refractivity contribution >= 4 is 11.0 Å². The lowest BCUT2D eigenvalue weighted by molar-refractivity contribution is 0.246. The predicted molar refractivity (Wildman–Crippen MR) is 80.2 cm³/mol. The van der Waals surface area contributed by atoms with Gasteiger partial charge in [0, 0.05) is 18.2 Å². The molecule has 0 radical (unpaired) electrons. The molecule has 0 spiro atoms. The average Bonchev–Trinajstić information content (AvgIpc) is 3.21. The number of fused-ring (bicyclic) bond motifs is 1. The molecule has 114 valence electrons. The van der Waals surface area contributed by atoms with Crippen LogP contribution < -0.4 is 0 Å². The SMILES string of the molecule is Cc1noc(C)c1[C@@H]1CCCN1Cc1cccc2nonc12. The Morgan fingerprint density at radius 3 is 2.95 bits per heavy atom. The van der Waals surface area contributed by atoms with Crippen LogP contribution in [-0.4, -0.2) is 26.9 Å². The molecule has 1 atom stereocenters. The Morgan fingerprint density at radius 1 is 1.23 bits per heavy atom. The van der Waals surface area contributed by atoms with Gasteiger partial charge in [-0.25, -0.2) is 4.63 Å². The second kappa shape index (κ2) is 5.21. The number of rotatable bonds is 3. The Morgan fingerprint density at radius 2 is 2.14 bits per heavy atom. The highest BCUT2D eigenvalue weighted by Gasteiger charge is 2.31. The molecular weight excluding hydrogens is 280 g/mol.